The summed E-state index contributed by atoms with van der Waals surface area (Å²) >= 11 is 0. The summed E-state index contributed by atoms with van der Waals surface area (Å²) in [6.45, 7) is 1.39. The fraction of sp³-hybridized carbons (Fsp3) is 1.00. The van der Waals surface area contributed by atoms with E-state index in [1.165, 1.54) is 6.92 Å². The smallest absolute Gasteiger partial charge is 0.150 e. The maximum Gasteiger partial charge on any atom is 0.150 e. The summed E-state index contributed by atoms with van der Waals surface area (Å²) in [7, 11) is -2.95. The summed E-state index contributed by atoms with van der Waals surface area (Å²) in [5, 5.41) is 8.96. The maximum atomic E-state index is 13.1. The van der Waals surface area contributed by atoms with Gasteiger partial charge in [-0.2, -0.15) is 0 Å². The minimum Gasteiger partial charge on any atom is -0.390 e. The van der Waals surface area contributed by atoms with Crippen molar-refractivity contribution < 1.29 is 17.9 Å². The zero-order valence-electron chi connectivity index (χ0n) is 8.32. The van der Waals surface area contributed by atoms with Crippen LogP contribution in [0, 0.1) is 5.92 Å². The topological polar surface area (TPSA) is 54.4 Å². The Morgan fingerprint density at radius 2 is 2.21 bits per heavy atom. The Hall–Kier alpha value is -0.160. The largest absolute Gasteiger partial charge is 0.390 e. The normalized spacial score (nSPS) is 30.9. The molecule has 0 bridgehead atoms. The number of aliphatic hydroxyl groups is 1. The van der Waals surface area contributed by atoms with Crippen molar-refractivity contribution in [3.05, 3.63) is 0 Å². The van der Waals surface area contributed by atoms with Crippen LogP contribution in [0.2, 0.25) is 0 Å². The van der Waals surface area contributed by atoms with E-state index in [1.54, 1.807) is 0 Å². The fourth-order valence-corrected chi connectivity index (χ4v) is 3.61. The van der Waals surface area contributed by atoms with Crippen molar-refractivity contribution in [2.24, 2.45) is 5.92 Å². The third-order valence-electron chi connectivity index (χ3n) is 2.64. The highest BCUT2D eigenvalue weighted by molar-refractivity contribution is 7.91. The molecule has 1 saturated heterocycles. The Morgan fingerprint density at radius 3 is 2.71 bits per heavy atom. The van der Waals surface area contributed by atoms with Gasteiger partial charge in [0.25, 0.3) is 0 Å². The number of halogens is 1. The van der Waals surface area contributed by atoms with Crippen LogP contribution in [-0.2, 0) is 9.84 Å². The minimum atomic E-state index is -2.95. The molecule has 0 saturated carbocycles. The maximum absolute atomic E-state index is 13.1. The molecule has 14 heavy (non-hydrogen) atoms. The van der Waals surface area contributed by atoms with Crippen molar-refractivity contribution in [2.75, 3.05) is 11.5 Å². The predicted octanol–water partition coefficient (Wildman–Crippen LogP) is 0.920. The molecular formula is C9H17FO3S. The molecule has 3 unspecified atom stereocenters. The van der Waals surface area contributed by atoms with Gasteiger partial charge in [0, 0.05) is 0 Å². The molecule has 5 heteroatoms. The van der Waals surface area contributed by atoms with Crippen LogP contribution >= 0.6 is 0 Å². The van der Waals surface area contributed by atoms with E-state index in [2.05, 4.69) is 0 Å². The van der Waals surface area contributed by atoms with Crippen LogP contribution in [0.4, 0.5) is 4.39 Å². The molecule has 84 valence electrons. The van der Waals surface area contributed by atoms with Crippen LogP contribution in [0.25, 0.3) is 0 Å². The number of sulfone groups is 1. The molecule has 3 atom stereocenters. The molecule has 1 heterocycles. The lowest BCUT2D eigenvalue weighted by Gasteiger charge is -2.24. The number of hydrogen-bond acceptors (Lipinski definition) is 3. The lowest BCUT2D eigenvalue weighted by atomic mass is 9.97. The van der Waals surface area contributed by atoms with E-state index in [9.17, 15) is 12.8 Å². The summed E-state index contributed by atoms with van der Waals surface area (Å²) in [5.41, 5.74) is 0. The Balaban J connectivity index is 2.46. The first-order valence-corrected chi connectivity index (χ1v) is 6.75. The molecule has 3 nitrogen and oxygen atoms in total. The molecule has 1 aliphatic heterocycles. The second-order valence-electron chi connectivity index (χ2n) is 4.11. The molecule has 1 N–H and O–H groups in total. The quantitative estimate of drug-likeness (QED) is 0.775. The zero-order chi connectivity index (χ0) is 10.8. The SMILES string of the molecule is CC(O)C(F)CC1CCCS(=O)(=O)C1. The summed E-state index contributed by atoms with van der Waals surface area (Å²) in [4.78, 5) is 0. The molecule has 0 aromatic rings. The van der Waals surface area contributed by atoms with E-state index in [0.29, 0.717) is 6.42 Å². The van der Waals surface area contributed by atoms with Crippen molar-refractivity contribution in [1.82, 2.24) is 0 Å². The third-order valence-corrected chi connectivity index (χ3v) is 4.53. The van der Waals surface area contributed by atoms with Gasteiger partial charge in [-0.3, -0.25) is 0 Å². The highest BCUT2D eigenvalue weighted by Crippen LogP contribution is 2.24. The van der Waals surface area contributed by atoms with E-state index in [1.807, 2.05) is 0 Å². The molecule has 0 radical (unpaired) electrons. The van der Waals surface area contributed by atoms with Gasteiger partial charge in [0.05, 0.1) is 17.6 Å². The summed E-state index contributed by atoms with van der Waals surface area (Å²) in [5.74, 6) is 0.202. The number of hydrogen-bond donors (Lipinski definition) is 1. The van der Waals surface area contributed by atoms with Crippen LogP contribution in [0.3, 0.4) is 0 Å². The van der Waals surface area contributed by atoms with Crippen LogP contribution in [0.5, 0.6) is 0 Å². The van der Waals surface area contributed by atoms with Gasteiger partial charge in [-0.05, 0) is 32.1 Å². The van der Waals surface area contributed by atoms with E-state index < -0.39 is 22.1 Å². The second-order valence-corrected chi connectivity index (χ2v) is 6.34. The number of alkyl halides is 1. The van der Waals surface area contributed by atoms with Crippen LogP contribution in [0.1, 0.15) is 26.2 Å². The van der Waals surface area contributed by atoms with Crippen molar-refractivity contribution in [3.8, 4) is 0 Å². The Morgan fingerprint density at radius 1 is 1.57 bits per heavy atom. The van der Waals surface area contributed by atoms with Crippen molar-refractivity contribution in [2.45, 2.75) is 38.5 Å². The number of aliphatic hydroxyl groups excluding tert-OH is 1. The van der Waals surface area contributed by atoms with E-state index in [-0.39, 0.29) is 23.8 Å². The van der Waals surface area contributed by atoms with E-state index in [4.69, 9.17) is 5.11 Å². The monoisotopic (exact) mass is 224 g/mol. The standard InChI is InChI=1S/C9H17FO3S/c1-7(11)9(10)5-8-3-2-4-14(12,13)6-8/h7-9,11H,2-6H2,1H3. The molecule has 0 aliphatic carbocycles. The first kappa shape index (κ1) is 11.9. The minimum absolute atomic E-state index is 0.0835. The Kier molecular flexibility index (Phi) is 3.89. The highest BCUT2D eigenvalue weighted by Gasteiger charge is 2.28. The predicted molar refractivity (Wildman–Crippen MR) is 52.6 cm³/mol. The van der Waals surface area contributed by atoms with E-state index in [0.717, 1.165) is 6.42 Å². The lowest BCUT2D eigenvalue weighted by Crippen LogP contribution is -2.30. The van der Waals surface area contributed by atoms with Gasteiger partial charge in [0.15, 0.2) is 9.84 Å². The van der Waals surface area contributed by atoms with Crippen LogP contribution < -0.4 is 0 Å². The average molecular weight is 224 g/mol. The van der Waals surface area contributed by atoms with Crippen molar-refractivity contribution >= 4 is 9.84 Å². The highest BCUT2D eigenvalue weighted by atomic mass is 32.2. The first-order chi connectivity index (χ1) is 6.41. The van der Waals surface area contributed by atoms with E-state index >= 15 is 0 Å². The van der Waals surface area contributed by atoms with Crippen molar-refractivity contribution in [1.29, 1.82) is 0 Å². The summed E-state index contributed by atoms with van der Waals surface area (Å²) < 4.78 is 35.6. The van der Waals surface area contributed by atoms with Crippen LogP contribution in [-0.4, -0.2) is 37.3 Å². The van der Waals surface area contributed by atoms with Gasteiger partial charge >= 0.3 is 0 Å². The number of rotatable bonds is 3. The van der Waals surface area contributed by atoms with Crippen LogP contribution in [0.15, 0.2) is 0 Å². The Bertz CT molecular complexity index is 274. The van der Waals surface area contributed by atoms with Gasteiger partial charge in [-0.15, -0.1) is 0 Å². The third kappa shape index (κ3) is 3.53. The van der Waals surface area contributed by atoms with Crippen molar-refractivity contribution in [3.63, 3.8) is 0 Å². The molecule has 1 fully saturated rings. The van der Waals surface area contributed by atoms with Gasteiger partial charge in [0.1, 0.15) is 6.17 Å². The fourth-order valence-electron chi connectivity index (χ4n) is 1.82. The Labute approximate surface area is 84.2 Å². The van der Waals surface area contributed by atoms with Gasteiger partial charge in [0.2, 0.25) is 0 Å². The average Bonchev–Trinajstić information content (AvgIpc) is 2.01. The molecule has 1 aliphatic rings. The molecule has 0 aromatic carbocycles. The summed E-state index contributed by atoms with van der Waals surface area (Å²) in [6.07, 6.45) is -0.754. The van der Waals surface area contributed by atoms with Gasteiger partial charge in [-0.1, -0.05) is 0 Å². The second kappa shape index (κ2) is 4.57. The molecular weight excluding hydrogens is 207 g/mol. The first-order valence-electron chi connectivity index (χ1n) is 4.93. The van der Waals surface area contributed by atoms with Gasteiger partial charge < -0.3 is 5.11 Å². The molecule has 1 rings (SSSR count). The lowest BCUT2D eigenvalue weighted by molar-refractivity contribution is 0.0771. The molecule has 0 amide bonds. The van der Waals surface area contributed by atoms with Gasteiger partial charge in [-0.25, -0.2) is 12.8 Å². The summed E-state index contributed by atoms with van der Waals surface area (Å²) in [6, 6.07) is 0. The zero-order valence-corrected chi connectivity index (χ0v) is 9.13. The molecule has 0 aromatic heterocycles. The molecule has 0 spiro atoms.